The van der Waals surface area contributed by atoms with Crippen LogP contribution in [0.2, 0.25) is 0 Å². The third kappa shape index (κ3) is 5.93. The number of carbonyl (C=O) groups excluding carboxylic acids is 1. The predicted molar refractivity (Wildman–Crippen MR) is 162 cm³/mol. The molecular weight excluding hydrogens is 508 g/mol. The van der Waals surface area contributed by atoms with E-state index in [0.29, 0.717) is 24.7 Å². The molecule has 2 fully saturated rings. The van der Waals surface area contributed by atoms with Crippen molar-refractivity contribution < 1.29 is 9.53 Å². The Balaban J connectivity index is 1.26. The van der Waals surface area contributed by atoms with Crippen LogP contribution in [0.4, 0.5) is 0 Å². The van der Waals surface area contributed by atoms with Gasteiger partial charge in [0.2, 0.25) is 5.91 Å². The van der Waals surface area contributed by atoms with Crippen molar-refractivity contribution in [2.75, 3.05) is 26.8 Å². The van der Waals surface area contributed by atoms with Crippen molar-refractivity contribution in [3.8, 4) is 17.2 Å². The molecule has 1 aliphatic carbocycles. The van der Waals surface area contributed by atoms with Crippen molar-refractivity contribution in [3.63, 3.8) is 0 Å². The zero-order valence-corrected chi connectivity index (χ0v) is 23.8. The Morgan fingerprint density at radius 3 is 2.66 bits per heavy atom. The van der Waals surface area contributed by atoms with E-state index in [4.69, 9.17) is 4.74 Å². The van der Waals surface area contributed by atoms with Crippen molar-refractivity contribution in [2.45, 2.75) is 50.7 Å². The van der Waals surface area contributed by atoms with Gasteiger partial charge >= 0.3 is 0 Å². The number of aromatic nitrogens is 1. The van der Waals surface area contributed by atoms with Gasteiger partial charge in [0, 0.05) is 56.5 Å². The monoisotopic (exact) mass is 546 g/mol. The Morgan fingerprint density at radius 2 is 1.88 bits per heavy atom. The lowest BCUT2D eigenvalue weighted by Crippen LogP contribution is -2.47. The van der Waals surface area contributed by atoms with Gasteiger partial charge in [-0.25, -0.2) is 0 Å². The number of ether oxygens (including phenoxy) is 1. The van der Waals surface area contributed by atoms with E-state index >= 15 is 0 Å². The molecule has 0 bridgehead atoms. The highest BCUT2D eigenvalue weighted by atomic mass is 16.5. The van der Waals surface area contributed by atoms with E-state index < -0.39 is 0 Å². The van der Waals surface area contributed by atoms with Crippen LogP contribution in [0.5, 0.6) is 0 Å². The summed E-state index contributed by atoms with van der Waals surface area (Å²) < 4.78 is 7.61. The number of para-hydroxylation sites is 1. The van der Waals surface area contributed by atoms with E-state index in [1.807, 2.05) is 24.3 Å². The van der Waals surface area contributed by atoms with Crippen LogP contribution in [0.3, 0.4) is 0 Å². The molecule has 1 saturated carbocycles. The normalized spacial score (nSPS) is 18.7. The zero-order chi connectivity index (χ0) is 28.2. The summed E-state index contributed by atoms with van der Waals surface area (Å²) in [6.45, 7) is 3.89. The molecule has 0 radical (unpaired) electrons. The molecule has 1 N–H and O–H groups in total. The lowest BCUT2D eigenvalue weighted by Gasteiger charge is -2.36. The van der Waals surface area contributed by atoms with Crippen LogP contribution in [0.25, 0.3) is 22.0 Å². The third-order valence-electron chi connectivity index (χ3n) is 8.69. The van der Waals surface area contributed by atoms with Gasteiger partial charge in [-0.3, -0.25) is 4.79 Å². The number of methoxy groups -OCH3 is 1. The summed E-state index contributed by atoms with van der Waals surface area (Å²) in [5.41, 5.74) is 6.53. The fourth-order valence-corrected chi connectivity index (χ4v) is 6.39. The van der Waals surface area contributed by atoms with Crippen molar-refractivity contribution in [2.24, 2.45) is 5.92 Å². The maximum atomic E-state index is 14.4. The number of nitrogens with zero attached hydrogens (tertiary/aromatic N) is 3. The molecule has 2 heterocycles. The summed E-state index contributed by atoms with van der Waals surface area (Å²) in [6.07, 6.45) is 6.30. The number of hydrogen-bond acceptors (Lipinski definition) is 4. The van der Waals surface area contributed by atoms with Crippen molar-refractivity contribution in [3.05, 3.63) is 95.7 Å². The lowest BCUT2D eigenvalue weighted by atomic mass is 9.79. The largest absolute Gasteiger partial charge is 0.385 e. The quantitative estimate of drug-likeness (QED) is 0.244. The minimum Gasteiger partial charge on any atom is -0.385 e. The molecule has 6 nitrogen and oxygen atoms in total. The summed E-state index contributed by atoms with van der Waals surface area (Å²) in [6, 6.07) is 27.4. The van der Waals surface area contributed by atoms with Crippen LogP contribution in [0, 0.1) is 17.2 Å². The number of nitrogens with one attached hydrogen (secondary N) is 1. The van der Waals surface area contributed by atoms with Crippen LogP contribution < -0.4 is 5.32 Å². The number of amides is 1. The maximum absolute atomic E-state index is 14.4. The molecule has 0 unspecified atom stereocenters. The Morgan fingerprint density at radius 1 is 1.05 bits per heavy atom. The number of rotatable bonds is 10. The molecule has 6 heteroatoms. The Hall–Kier alpha value is -3.92. The highest BCUT2D eigenvalue weighted by molar-refractivity contribution is 5.86. The van der Waals surface area contributed by atoms with Crippen LogP contribution in [-0.2, 0) is 22.6 Å². The van der Waals surface area contributed by atoms with E-state index in [0.717, 1.165) is 56.5 Å². The number of aryl methyl sites for hydroxylation is 1. The zero-order valence-electron chi connectivity index (χ0n) is 23.8. The first-order valence-electron chi connectivity index (χ1n) is 14.8. The number of nitriles is 1. The van der Waals surface area contributed by atoms with E-state index in [1.165, 1.54) is 22.0 Å². The number of fused-ring (bicyclic) bond motifs is 1. The van der Waals surface area contributed by atoms with Gasteiger partial charge < -0.3 is 19.5 Å². The fraction of sp³-hybridized carbons (Fsp3) is 0.371. The van der Waals surface area contributed by atoms with Crippen molar-refractivity contribution in [1.82, 2.24) is 14.8 Å². The SMILES string of the molecule is COCCCn1cc(CN(C(=O)[C@H]2CNCC[C@@H]2c2cccc(-c3ccc(C#N)cc3)c2)C2CC2)c2ccccc21. The Kier molecular flexibility index (Phi) is 8.18. The second kappa shape index (κ2) is 12.3. The molecular formula is C35H38N4O2. The summed E-state index contributed by atoms with van der Waals surface area (Å²) in [7, 11) is 1.75. The van der Waals surface area contributed by atoms with Gasteiger partial charge in [0.25, 0.3) is 0 Å². The van der Waals surface area contributed by atoms with Crippen molar-refractivity contribution in [1.29, 1.82) is 5.26 Å². The lowest BCUT2D eigenvalue weighted by molar-refractivity contribution is -0.138. The Bertz CT molecular complexity index is 1550. The maximum Gasteiger partial charge on any atom is 0.228 e. The van der Waals surface area contributed by atoms with Gasteiger partial charge in [0.05, 0.1) is 17.6 Å². The number of hydrogen-bond donors (Lipinski definition) is 1. The Labute approximate surface area is 242 Å². The first kappa shape index (κ1) is 27.3. The summed E-state index contributed by atoms with van der Waals surface area (Å²) in [5.74, 6) is 0.332. The average Bonchev–Trinajstić information content (AvgIpc) is 3.82. The summed E-state index contributed by atoms with van der Waals surface area (Å²) >= 11 is 0. The predicted octanol–water partition coefficient (Wildman–Crippen LogP) is 6.10. The molecule has 2 atom stereocenters. The van der Waals surface area contributed by atoms with Gasteiger partial charge in [0.15, 0.2) is 0 Å². The van der Waals surface area contributed by atoms with E-state index in [9.17, 15) is 10.1 Å². The first-order valence-corrected chi connectivity index (χ1v) is 14.8. The molecule has 210 valence electrons. The number of piperidine rings is 1. The minimum absolute atomic E-state index is 0.101. The molecule has 2 aliphatic rings. The summed E-state index contributed by atoms with van der Waals surface area (Å²) in [5, 5.41) is 13.9. The number of benzene rings is 3. The standard InChI is InChI=1S/C35H38N4O2/c1-41-19-5-18-38-23-29(32-8-2-3-9-34(32)38)24-39(30-14-15-30)35(40)33-22-37-17-16-31(33)28-7-4-6-27(20-28)26-12-10-25(21-36)11-13-26/h2-4,6-13,20,23,30-31,33,37H,5,14-19,22,24H2,1H3/t31-,33+/m1/s1. The molecule has 41 heavy (non-hydrogen) atoms. The van der Waals surface area contributed by atoms with Gasteiger partial charge in [-0.2, -0.15) is 5.26 Å². The first-order chi connectivity index (χ1) is 20.2. The summed E-state index contributed by atoms with van der Waals surface area (Å²) in [4.78, 5) is 16.6. The van der Waals surface area contributed by atoms with Gasteiger partial charge in [-0.15, -0.1) is 0 Å². The smallest absolute Gasteiger partial charge is 0.228 e. The van der Waals surface area contributed by atoms with Crippen LogP contribution in [0.15, 0.2) is 79.0 Å². The van der Waals surface area contributed by atoms with E-state index in [-0.39, 0.29) is 17.7 Å². The molecule has 1 amide bonds. The van der Waals surface area contributed by atoms with E-state index in [1.54, 1.807) is 7.11 Å². The highest BCUT2D eigenvalue weighted by Gasteiger charge is 2.40. The topological polar surface area (TPSA) is 70.3 Å². The second-order valence-electron chi connectivity index (χ2n) is 11.4. The highest BCUT2D eigenvalue weighted by Crippen LogP contribution is 2.38. The van der Waals surface area contributed by atoms with Crippen molar-refractivity contribution >= 4 is 16.8 Å². The molecule has 0 spiro atoms. The molecule has 3 aromatic carbocycles. The molecule has 6 rings (SSSR count). The fourth-order valence-electron chi connectivity index (χ4n) is 6.39. The average molecular weight is 547 g/mol. The van der Waals surface area contributed by atoms with E-state index in [2.05, 4.69) is 75.6 Å². The van der Waals surface area contributed by atoms with Crippen LogP contribution in [-0.4, -0.2) is 48.2 Å². The van der Waals surface area contributed by atoms with Gasteiger partial charge in [0.1, 0.15) is 0 Å². The molecule has 1 saturated heterocycles. The van der Waals surface area contributed by atoms with Crippen LogP contribution >= 0.6 is 0 Å². The molecule has 1 aromatic heterocycles. The van der Waals surface area contributed by atoms with Crippen LogP contribution in [0.1, 0.15) is 48.3 Å². The molecule has 1 aliphatic heterocycles. The third-order valence-corrected chi connectivity index (χ3v) is 8.69. The molecule has 4 aromatic rings. The number of carbonyl (C=O) groups is 1. The minimum atomic E-state index is -0.101. The second-order valence-corrected chi connectivity index (χ2v) is 11.4. The van der Waals surface area contributed by atoms with Gasteiger partial charge in [-0.1, -0.05) is 54.6 Å². The van der Waals surface area contributed by atoms with Gasteiger partial charge in [-0.05, 0) is 78.6 Å².